The average Bonchev–Trinajstić information content (AvgIpc) is 2.83. The van der Waals surface area contributed by atoms with Crippen molar-refractivity contribution in [3.8, 4) is 0 Å². The smallest absolute Gasteiger partial charge is 0.227 e. The maximum atomic E-state index is 13.0. The van der Waals surface area contributed by atoms with Crippen molar-refractivity contribution in [2.75, 3.05) is 10.2 Å². The van der Waals surface area contributed by atoms with Gasteiger partial charge in [0.15, 0.2) is 5.78 Å². The summed E-state index contributed by atoms with van der Waals surface area (Å²) in [6.07, 6.45) is 2.59. The summed E-state index contributed by atoms with van der Waals surface area (Å²) in [6.45, 7) is 1.86. The highest BCUT2D eigenvalue weighted by Crippen LogP contribution is 2.44. The number of nitrogens with zero attached hydrogens (tertiary/aromatic N) is 1. The number of hydrogen-bond acceptors (Lipinski definition) is 3. The van der Waals surface area contributed by atoms with Crippen LogP contribution in [0.15, 0.2) is 65.9 Å². The SMILES string of the molecule is CCC(=O)N1c2ccccc2NC2=C(C(=O)CCC2)[C@@H]1c1ccccc1. The van der Waals surface area contributed by atoms with E-state index in [0.29, 0.717) is 12.8 Å². The molecular weight excluding hydrogens is 324 g/mol. The third kappa shape index (κ3) is 2.71. The molecule has 1 amide bonds. The molecule has 0 fully saturated rings. The summed E-state index contributed by atoms with van der Waals surface area (Å²) in [5.74, 6) is 0.148. The van der Waals surface area contributed by atoms with E-state index in [1.807, 2.05) is 66.4 Å². The van der Waals surface area contributed by atoms with Crippen molar-refractivity contribution >= 4 is 23.1 Å². The standard InChI is InChI=1S/C22H22N2O2/c1-2-20(26)24-18-13-7-6-11-16(18)23-17-12-8-14-19(25)21(17)22(24)15-9-4-3-5-10-15/h3-7,9-11,13,22-23H,2,8,12,14H2,1H3/t22-/m0/s1. The van der Waals surface area contributed by atoms with Crippen LogP contribution >= 0.6 is 0 Å². The van der Waals surface area contributed by atoms with E-state index in [9.17, 15) is 9.59 Å². The lowest BCUT2D eigenvalue weighted by molar-refractivity contribution is -0.118. The second kappa shape index (κ2) is 6.79. The molecule has 0 saturated heterocycles. The van der Waals surface area contributed by atoms with Gasteiger partial charge in [-0.25, -0.2) is 0 Å². The van der Waals surface area contributed by atoms with Gasteiger partial charge in [-0.2, -0.15) is 0 Å². The van der Waals surface area contributed by atoms with Gasteiger partial charge >= 0.3 is 0 Å². The Bertz CT molecular complexity index is 886. The number of hydrogen-bond donors (Lipinski definition) is 1. The molecule has 4 nitrogen and oxygen atoms in total. The van der Waals surface area contributed by atoms with Crippen LogP contribution in [0.5, 0.6) is 0 Å². The van der Waals surface area contributed by atoms with Crippen LogP contribution in [0.25, 0.3) is 0 Å². The summed E-state index contributed by atoms with van der Waals surface area (Å²) < 4.78 is 0. The molecule has 0 unspecified atom stereocenters. The Balaban J connectivity index is 2.00. The first-order chi connectivity index (χ1) is 12.7. The van der Waals surface area contributed by atoms with Gasteiger partial charge in [-0.15, -0.1) is 0 Å². The second-order valence-corrected chi connectivity index (χ2v) is 6.74. The second-order valence-electron chi connectivity index (χ2n) is 6.74. The van der Waals surface area contributed by atoms with Gasteiger partial charge in [0.2, 0.25) is 5.91 Å². The normalized spacial score (nSPS) is 19.3. The summed E-state index contributed by atoms with van der Waals surface area (Å²) in [4.78, 5) is 27.8. The number of fused-ring (bicyclic) bond motifs is 1. The third-order valence-electron chi connectivity index (χ3n) is 5.12. The van der Waals surface area contributed by atoms with Gasteiger partial charge < -0.3 is 5.32 Å². The minimum absolute atomic E-state index is 0.0141. The molecule has 2 aliphatic rings. The zero-order valence-corrected chi connectivity index (χ0v) is 14.9. The van der Waals surface area contributed by atoms with Gasteiger partial charge in [0.1, 0.15) is 0 Å². The fraction of sp³-hybridized carbons (Fsp3) is 0.273. The quantitative estimate of drug-likeness (QED) is 0.864. The van der Waals surface area contributed by atoms with Crippen molar-refractivity contribution in [3.05, 3.63) is 71.4 Å². The van der Waals surface area contributed by atoms with Gasteiger partial charge in [-0.1, -0.05) is 49.4 Å². The Morgan fingerprint density at radius 1 is 1.08 bits per heavy atom. The largest absolute Gasteiger partial charge is 0.357 e. The first-order valence-electron chi connectivity index (χ1n) is 9.20. The highest BCUT2D eigenvalue weighted by atomic mass is 16.2. The molecule has 132 valence electrons. The lowest BCUT2D eigenvalue weighted by atomic mass is 9.86. The molecule has 2 aromatic carbocycles. The number of Topliss-reactive ketones (excluding diaryl/α,β-unsaturated/α-hetero) is 1. The van der Waals surface area contributed by atoms with Gasteiger partial charge in [0, 0.05) is 24.1 Å². The Hall–Kier alpha value is -2.88. The van der Waals surface area contributed by atoms with Crippen LogP contribution in [-0.2, 0) is 9.59 Å². The van der Waals surface area contributed by atoms with Crippen molar-refractivity contribution in [1.82, 2.24) is 0 Å². The molecule has 1 heterocycles. The lowest BCUT2D eigenvalue weighted by Gasteiger charge is -2.33. The molecule has 0 saturated carbocycles. The van der Waals surface area contributed by atoms with Crippen molar-refractivity contribution in [1.29, 1.82) is 0 Å². The van der Waals surface area contributed by atoms with Crippen molar-refractivity contribution < 1.29 is 9.59 Å². The molecule has 0 radical (unpaired) electrons. The van der Waals surface area contributed by atoms with Crippen LogP contribution in [0.4, 0.5) is 11.4 Å². The molecular formula is C22H22N2O2. The molecule has 1 N–H and O–H groups in total. The first kappa shape index (κ1) is 16.6. The zero-order valence-electron chi connectivity index (χ0n) is 14.9. The van der Waals surface area contributed by atoms with Crippen LogP contribution in [-0.4, -0.2) is 11.7 Å². The number of nitrogens with one attached hydrogen (secondary N) is 1. The number of allylic oxidation sites excluding steroid dienone is 1. The number of carbonyl (C=O) groups excluding carboxylic acids is 2. The van der Waals surface area contributed by atoms with Crippen molar-refractivity contribution in [2.24, 2.45) is 0 Å². The van der Waals surface area contributed by atoms with Gasteiger partial charge in [-0.3, -0.25) is 14.5 Å². The minimum Gasteiger partial charge on any atom is -0.357 e. The average molecular weight is 346 g/mol. The maximum absolute atomic E-state index is 13.0. The Kier molecular flexibility index (Phi) is 4.33. The highest BCUT2D eigenvalue weighted by Gasteiger charge is 2.38. The molecule has 26 heavy (non-hydrogen) atoms. The molecule has 0 aromatic heterocycles. The van der Waals surface area contributed by atoms with E-state index in [1.54, 1.807) is 0 Å². The molecule has 1 aliphatic carbocycles. The highest BCUT2D eigenvalue weighted by molar-refractivity contribution is 6.06. The zero-order chi connectivity index (χ0) is 18.1. The molecule has 4 rings (SSSR count). The van der Waals surface area contributed by atoms with Crippen LogP contribution < -0.4 is 10.2 Å². The Morgan fingerprint density at radius 2 is 1.81 bits per heavy atom. The molecule has 2 aromatic rings. The van der Waals surface area contributed by atoms with Gasteiger partial charge in [0.25, 0.3) is 0 Å². The topological polar surface area (TPSA) is 49.4 Å². The number of ketones is 1. The van der Waals surface area contributed by atoms with Crippen LogP contribution in [0, 0.1) is 0 Å². The first-order valence-corrected chi connectivity index (χ1v) is 9.20. The third-order valence-corrected chi connectivity index (χ3v) is 5.12. The monoisotopic (exact) mass is 346 g/mol. The molecule has 1 atom stereocenters. The van der Waals surface area contributed by atoms with Crippen molar-refractivity contribution in [3.63, 3.8) is 0 Å². The van der Waals surface area contributed by atoms with Gasteiger partial charge in [-0.05, 0) is 30.5 Å². The number of rotatable bonds is 2. The number of amides is 1. The Labute approximate surface area is 153 Å². The molecule has 1 aliphatic heterocycles. The number of anilines is 2. The molecule has 0 spiro atoms. The van der Waals surface area contributed by atoms with Crippen LogP contribution in [0.1, 0.15) is 44.2 Å². The van der Waals surface area contributed by atoms with E-state index < -0.39 is 0 Å². The predicted molar refractivity (Wildman–Crippen MR) is 103 cm³/mol. The fourth-order valence-corrected chi connectivity index (χ4v) is 3.93. The van der Waals surface area contributed by atoms with Crippen LogP contribution in [0.3, 0.4) is 0 Å². The van der Waals surface area contributed by atoms with E-state index in [2.05, 4.69) is 5.32 Å². The number of benzene rings is 2. The minimum atomic E-state index is -0.386. The summed E-state index contributed by atoms with van der Waals surface area (Å²) in [5, 5.41) is 3.47. The van der Waals surface area contributed by atoms with Crippen LogP contribution in [0.2, 0.25) is 0 Å². The van der Waals surface area contributed by atoms with E-state index >= 15 is 0 Å². The summed E-state index contributed by atoms with van der Waals surface area (Å²) in [5.41, 5.74) is 4.37. The van der Waals surface area contributed by atoms with Crippen molar-refractivity contribution in [2.45, 2.75) is 38.6 Å². The van der Waals surface area contributed by atoms with E-state index in [4.69, 9.17) is 0 Å². The Morgan fingerprint density at radius 3 is 2.58 bits per heavy atom. The van der Waals surface area contributed by atoms with E-state index in [1.165, 1.54) is 0 Å². The van der Waals surface area contributed by atoms with Gasteiger partial charge in [0.05, 0.1) is 17.4 Å². The fourth-order valence-electron chi connectivity index (χ4n) is 3.93. The maximum Gasteiger partial charge on any atom is 0.227 e. The number of carbonyl (C=O) groups is 2. The molecule has 0 bridgehead atoms. The summed E-state index contributed by atoms with van der Waals surface area (Å²) >= 11 is 0. The van der Waals surface area contributed by atoms with E-state index in [0.717, 1.165) is 41.1 Å². The summed E-state index contributed by atoms with van der Waals surface area (Å²) in [6, 6.07) is 17.3. The summed E-state index contributed by atoms with van der Waals surface area (Å²) in [7, 11) is 0. The predicted octanol–water partition coefficient (Wildman–Crippen LogP) is 4.60. The van der Waals surface area contributed by atoms with E-state index in [-0.39, 0.29) is 17.7 Å². The number of para-hydroxylation sites is 2. The lowest BCUT2D eigenvalue weighted by Crippen LogP contribution is -2.37. The molecule has 4 heteroatoms.